The van der Waals surface area contributed by atoms with Crippen molar-refractivity contribution in [3.63, 3.8) is 0 Å². The van der Waals surface area contributed by atoms with E-state index >= 15 is 0 Å². The molecule has 1 aromatic rings. The average molecular weight is 352 g/mol. The third-order valence-electron chi connectivity index (χ3n) is 5.76. The van der Waals surface area contributed by atoms with E-state index in [2.05, 4.69) is 5.32 Å². The Morgan fingerprint density at radius 1 is 1.46 bits per heavy atom. The lowest BCUT2D eigenvalue weighted by atomic mass is 9.50. The van der Waals surface area contributed by atoms with Crippen molar-refractivity contribution in [3.8, 4) is 6.07 Å². The van der Waals surface area contributed by atoms with Crippen molar-refractivity contribution in [3.05, 3.63) is 23.8 Å². The molecule has 7 heteroatoms. The SMILES string of the molecule is N#Cc1cc(F)cn1C(=O)CN[C@]12C[C@H]3C[C@@](O)(C[C@](Cl)(C3)C1)C2. The smallest absolute Gasteiger partial charge is 0.245 e. The molecule has 128 valence electrons. The van der Waals surface area contributed by atoms with Crippen LogP contribution in [0.15, 0.2) is 12.3 Å². The lowest BCUT2D eigenvalue weighted by Gasteiger charge is -2.63. The molecule has 2 N–H and O–H groups in total. The average Bonchev–Trinajstić information content (AvgIpc) is 2.82. The van der Waals surface area contributed by atoms with E-state index in [9.17, 15) is 14.3 Å². The first-order valence-electron chi connectivity index (χ1n) is 8.21. The maximum atomic E-state index is 13.3. The Morgan fingerprint density at radius 2 is 2.25 bits per heavy atom. The van der Waals surface area contributed by atoms with Gasteiger partial charge in [-0.15, -0.1) is 11.6 Å². The van der Waals surface area contributed by atoms with Crippen molar-refractivity contribution in [1.82, 2.24) is 9.88 Å². The molecule has 0 unspecified atom stereocenters. The second-order valence-corrected chi connectivity index (χ2v) is 8.74. The molecular weight excluding hydrogens is 333 g/mol. The van der Waals surface area contributed by atoms with Gasteiger partial charge in [0.05, 0.1) is 12.1 Å². The fourth-order valence-electron chi connectivity index (χ4n) is 5.54. The molecule has 1 heterocycles. The van der Waals surface area contributed by atoms with E-state index in [1.54, 1.807) is 0 Å². The molecule has 0 aliphatic heterocycles. The zero-order valence-corrected chi connectivity index (χ0v) is 13.9. The van der Waals surface area contributed by atoms with Crippen molar-refractivity contribution >= 4 is 17.5 Å². The number of hydrogen-bond donors (Lipinski definition) is 2. The largest absolute Gasteiger partial charge is 0.390 e. The minimum absolute atomic E-state index is 0.0153. The fraction of sp³-hybridized carbons (Fsp3) is 0.647. The Balaban J connectivity index is 1.52. The number of aromatic nitrogens is 1. The zero-order chi connectivity index (χ0) is 17.2. The highest BCUT2D eigenvalue weighted by atomic mass is 35.5. The highest BCUT2D eigenvalue weighted by molar-refractivity contribution is 6.24. The van der Waals surface area contributed by atoms with Gasteiger partial charge in [-0.1, -0.05) is 0 Å². The number of rotatable bonds is 3. The number of aliphatic hydroxyl groups is 1. The van der Waals surface area contributed by atoms with Crippen LogP contribution in [0, 0.1) is 23.1 Å². The maximum Gasteiger partial charge on any atom is 0.245 e. The summed E-state index contributed by atoms with van der Waals surface area (Å²) in [6, 6.07) is 2.86. The van der Waals surface area contributed by atoms with Gasteiger partial charge in [-0.2, -0.15) is 5.26 Å². The van der Waals surface area contributed by atoms with E-state index in [0.717, 1.165) is 42.5 Å². The summed E-state index contributed by atoms with van der Waals surface area (Å²) in [6.45, 7) is -0.0153. The van der Waals surface area contributed by atoms with E-state index in [1.807, 2.05) is 6.07 Å². The molecule has 24 heavy (non-hydrogen) atoms. The molecule has 5 rings (SSSR count). The van der Waals surface area contributed by atoms with Crippen LogP contribution in [0.25, 0.3) is 0 Å². The van der Waals surface area contributed by atoms with Gasteiger partial charge in [0.1, 0.15) is 17.6 Å². The Bertz CT molecular complexity index is 738. The van der Waals surface area contributed by atoms with E-state index < -0.39 is 16.3 Å². The van der Waals surface area contributed by atoms with Crippen molar-refractivity contribution in [2.45, 2.75) is 54.5 Å². The molecule has 4 aliphatic carbocycles. The number of alkyl halides is 1. The molecule has 4 aliphatic rings. The molecular formula is C17H19ClFN3O2. The quantitative estimate of drug-likeness (QED) is 0.818. The molecule has 0 radical (unpaired) electrons. The van der Waals surface area contributed by atoms with Crippen LogP contribution in [-0.4, -0.2) is 38.1 Å². The predicted molar refractivity (Wildman–Crippen MR) is 85.2 cm³/mol. The summed E-state index contributed by atoms with van der Waals surface area (Å²) in [7, 11) is 0. The van der Waals surface area contributed by atoms with E-state index in [4.69, 9.17) is 16.9 Å². The second kappa shape index (κ2) is 5.04. The molecule has 5 nitrogen and oxygen atoms in total. The molecule has 4 atom stereocenters. The molecule has 4 saturated carbocycles. The van der Waals surface area contributed by atoms with Crippen LogP contribution in [0.3, 0.4) is 0 Å². The third kappa shape index (κ3) is 2.55. The van der Waals surface area contributed by atoms with Crippen LogP contribution >= 0.6 is 11.6 Å². The number of nitrogens with zero attached hydrogens (tertiary/aromatic N) is 2. The first-order chi connectivity index (χ1) is 11.2. The summed E-state index contributed by atoms with van der Waals surface area (Å²) in [5.74, 6) is -0.629. The van der Waals surface area contributed by atoms with Gasteiger partial charge >= 0.3 is 0 Å². The maximum absolute atomic E-state index is 13.3. The molecule has 0 spiro atoms. The van der Waals surface area contributed by atoms with Crippen LogP contribution in [0.5, 0.6) is 0 Å². The van der Waals surface area contributed by atoms with Gasteiger partial charge < -0.3 is 10.4 Å². The number of carbonyl (C=O) groups is 1. The lowest BCUT2D eigenvalue weighted by molar-refractivity contribution is -0.133. The van der Waals surface area contributed by atoms with Gasteiger partial charge in [-0.05, 0) is 44.4 Å². The normalized spacial score (nSPS) is 39.8. The van der Waals surface area contributed by atoms with Crippen molar-refractivity contribution in [2.75, 3.05) is 6.54 Å². The van der Waals surface area contributed by atoms with Gasteiger partial charge in [0.25, 0.3) is 0 Å². The zero-order valence-electron chi connectivity index (χ0n) is 13.2. The number of nitriles is 1. The van der Waals surface area contributed by atoms with E-state index in [-0.39, 0.29) is 23.7 Å². The molecule has 0 saturated heterocycles. The second-order valence-electron chi connectivity index (χ2n) is 7.94. The van der Waals surface area contributed by atoms with Crippen LogP contribution in [0.4, 0.5) is 4.39 Å². The van der Waals surface area contributed by atoms with Gasteiger partial charge in [0.2, 0.25) is 5.91 Å². The summed E-state index contributed by atoms with van der Waals surface area (Å²) in [6.07, 6.45) is 5.52. The van der Waals surface area contributed by atoms with Crippen LogP contribution < -0.4 is 5.32 Å². The van der Waals surface area contributed by atoms with E-state index in [1.165, 1.54) is 0 Å². The van der Waals surface area contributed by atoms with Gasteiger partial charge in [-0.3, -0.25) is 9.36 Å². The minimum Gasteiger partial charge on any atom is -0.390 e. The standard InChI is InChI=1S/C17H19ClFN3O2/c18-15-2-11-3-16(8-15,10-17(24,4-11)9-15)21-6-14(23)22-7-12(19)1-13(22)5-20/h1,7,11,21,24H,2-4,6,8-10H2/t11-,15-,16+,17+/m0/s1. The molecule has 4 bridgehead atoms. The van der Waals surface area contributed by atoms with Gasteiger partial charge in [-0.25, -0.2) is 4.39 Å². The summed E-state index contributed by atoms with van der Waals surface area (Å²) >= 11 is 6.71. The molecule has 0 amide bonds. The predicted octanol–water partition coefficient (Wildman–Crippen LogP) is 2.17. The summed E-state index contributed by atoms with van der Waals surface area (Å²) in [5, 5.41) is 23.1. The highest BCUT2D eigenvalue weighted by Gasteiger charge is 2.62. The van der Waals surface area contributed by atoms with E-state index in [0.29, 0.717) is 18.8 Å². The topological polar surface area (TPSA) is 78.0 Å². The summed E-state index contributed by atoms with van der Waals surface area (Å²) in [4.78, 5) is 12.0. The molecule has 0 aromatic carbocycles. The van der Waals surface area contributed by atoms with Crippen LogP contribution in [0.2, 0.25) is 0 Å². The van der Waals surface area contributed by atoms with Crippen LogP contribution in [-0.2, 0) is 0 Å². The Kier molecular flexibility index (Phi) is 3.38. The Labute approximate surface area is 144 Å². The monoisotopic (exact) mass is 351 g/mol. The third-order valence-corrected chi connectivity index (χ3v) is 6.18. The summed E-state index contributed by atoms with van der Waals surface area (Å²) < 4.78 is 14.3. The first kappa shape index (κ1) is 16.1. The summed E-state index contributed by atoms with van der Waals surface area (Å²) in [5.41, 5.74) is -1.13. The molecule has 4 fully saturated rings. The molecule has 1 aromatic heterocycles. The van der Waals surface area contributed by atoms with Crippen LogP contribution in [0.1, 0.15) is 49.0 Å². The van der Waals surface area contributed by atoms with Crippen molar-refractivity contribution in [2.24, 2.45) is 5.92 Å². The number of hydrogen-bond acceptors (Lipinski definition) is 4. The first-order valence-corrected chi connectivity index (χ1v) is 8.59. The minimum atomic E-state index is -0.755. The number of carbonyl (C=O) groups excluding carboxylic acids is 1. The van der Waals surface area contributed by atoms with Gasteiger partial charge in [0, 0.05) is 22.7 Å². The van der Waals surface area contributed by atoms with Crippen molar-refractivity contribution < 1.29 is 14.3 Å². The number of nitrogens with one attached hydrogen (secondary N) is 1. The Morgan fingerprint density at radius 3 is 2.92 bits per heavy atom. The van der Waals surface area contributed by atoms with Crippen molar-refractivity contribution in [1.29, 1.82) is 5.26 Å². The lowest BCUT2D eigenvalue weighted by Crippen LogP contribution is -2.69. The highest BCUT2D eigenvalue weighted by Crippen LogP contribution is 2.61. The van der Waals surface area contributed by atoms with Gasteiger partial charge in [0.15, 0.2) is 0 Å². The Hall–Kier alpha value is -1.42. The fourth-order valence-corrected chi connectivity index (χ4v) is 6.26. The number of halogens is 2.